The summed E-state index contributed by atoms with van der Waals surface area (Å²) in [7, 11) is 0. The molecule has 0 aliphatic rings. The molecule has 0 bridgehead atoms. The van der Waals surface area contributed by atoms with Crippen LogP contribution in [-0.4, -0.2) is 5.78 Å². The molecule has 2 heteroatoms. The van der Waals surface area contributed by atoms with Gasteiger partial charge in [-0.1, -0.05) is 42.5 Å². The maximum Gasteiger partial charge on any atom is 0.160 e. The molecule has 88 valence electrons. The van der Waals surface area contributed by atoms with Crippen molar-refractivity contribution in [1.82, 2.24) is 0 Å². The van der Waals surface area contributed by atoms with Crippen molar-refractivity contribution >= 4 is 27.2 Å². The molecule has 2 aromatic carbocycles. The number of thiophene rings is 1. The van der Waals surface area contributed by atoms with Crippen LogP contribution in [0.25, 0.3) is 20.5 Å². The third kappa shape index (κ3) is 1.85. The van der Waals surface area contributed by atoms with Gasteiger partial charge in [0.2, 0.25) is 0 Å². The van der Waals surface area contributed by atoms with E-state index in [0.717, 1.165) is 16.0 Å². The van der Waals surface area contributed by atoms with Crippen LogP contribution in [0.4, 0.5) is 0 Å². The van der Waals surface area contributed by atoms with Crippen LogP contribution in [0.15, 0.2) is 54.6 Å². The van der Waals surface area contributed by atoms with Gasteiger partial charge in [-0.3, -0.25) is 4.79 Å². The third-order valence-corrected chi connectivity index (χ3v) is 4.15. The van der Waals surface area contributed by atoms with Gasteiger partial charge in [-0.15, -0.1) is 11.3 Å². The Balaban J connectivity index is 2.23. The third-order valence-electron chi connectivity index (χ3n) is 3.00. The van der Waals surface area contributed by atoms with Gasteiger partial charge in [0.05, 0.1) is 0 Å². The van der Waals surface area contributed by atoms with Gasteiger partial charge in [0.1, 0.15) is 0 Å². The van der Waals surface area contributed by atoms with E-state index in [4.69, 9.17) is 0 Å². The summed E-state index contributed by atoms with van der Waals surface area (Å²) in [6.45, 7) is 1.62. The van der Waals surface area contributed by atoms with Crippen LogP contribution in [0.1, 0.15) is 17.3 Å². The number of rotatable bonds is 2. The van der Waals surface area contributed by atoms with E-state index in [-0.39, 0.29) is 5.78 Å². The monoisotopic (exact) mass is 252 g/mol. The molecule has 0 aliphatic carbocycles. The molecule has 0 amide bonds. The number of hydrogen-bond donors (Lipinski definition) is 0. The minimum Gasteiger partial charge on any atom is -0.294 e. The van der Waals surface area contributed by atoms with E-state index >= 15 is 0 Å². The fourth-order valence-electron chi connectivity index (χ4n) is 2.12. The number of Topliss-reactive ketones (excluding diaryl/α,β-unsaturated/α-hetero) is 1. The molecule has 0 aliphatic heterocycles. The maximum atomic E-state index is 11.7. The molecule has 0 saturated heterocycles. The van der Waals surface area contributed by atoms with Crippen LogP contribution in [0.5, 0.6) is 0 Å². The van der Waals surface area contributed by atoms with Crippen molar-refractivity contribution in [3.8, 4) is 10.4 Å². The van der Waals surface area contributed by atoms with Crippen molar-refractivity contribution in [1.29, 1.82) is 0 Å². The first kappa shape index (κ1) is 11.2. The topological polar surface area (TPSA) is 17.1 Å². The smallest absolute Gasteiger partial charge is 0.160 e. The Labute approximate surface area is 110 Å². The molecule has 18 heavy (non-hydrogen) atoms. The first-order valence-electron chi connectivity index (χ1n) is 5.84. The molecule has 3 rings (SSSR count). The molecular formula is C16H12OS. The van der Waals surface area contributed by atoms with E-state index in [1.807, 2.05) is 36.4 Å². The number of carbonyl (C=O) groups is 1. The standard InChI is InChI=1S/C16H12OS/c1-11(17)13-7-3-4-8-14(13)16-10-12-6-2-5-9-15(12)18-16/h2-10H,1H3. The first-order chi connectivity index (χ1) is 8.75. The van der Waals surface area contributed by atoms with Gasteiger partial charge in [0.15, 0.2) is 5.78 Å². The Bertz CT molecular complexity index is 692. The van der Waals surface area contributed by atoms with Crippen LogP contribution < -0.4 is 0 Å². The van der Waals surface area contributed by atoms with Crippen LogP contribution in [0.2, 0.25) is 0 Å². The van der Waals surface area contributed by atoms with Crippen molar-refractivity contribution in [2.24, 2.45) is 0 Å². The molecule has 1 nitrogen and oxygen atoms in total. The van der Waals surface area contributed by atoms with E-state index in [2.05, 4.69) is 18.2 Å². The van der Waals surface area contributed by atoms with Crippen LogP contribution >= 0.6 is 11.3 Å². The molecule has 1 heterocycles. The summed E-state index contributed by atoms with van der Waals surface area (Å²) in [5.41, 5.74) is 1.83. The SMILES string of the molecule is CC(=O)c1ccccc1-c1cc2ccccc2s1. The largest absolute Gasteiger partial charge is 0.294 e. The number of fused-ring (bicyclic) bond motifs is 1. The summed E-state index contributed by atoms with van der Waals surface area (Å²) in [6, 6.07) is 18.2. The lowest BCUT2D eigenvalue weighted by atomic mass is 10.0. The molecule has 0 N–H and O–H groups in total. The minimum absolute atomic E-state index is 0.114. The summed E-state index contributed by atoms with van der Waals surface area (Å²) in [5, 5.41) is 1.23. The quantitative estimate of drug-likeness (QED) is 0.600. The van der Waals surface area contributed by atoms with Gasteiger partial charge < -0.3 is 0 Å². The van der Waals surface area contributed by atoms with Gasteiger partial charge >= 0.3 is 0 Å². The van der Waals surface area contributed by atoms with Crippen LogP contribution in [-0.2, 0) is 0 Å². The van der Waals surface area contributed by atoms with Gasteiger partial charge in [0, 0.05) is 20.7 Å². The zero-order valence-electron chi connectivity index (χ0n) is 10.0. The molecule has 1 aromatic heterocycles. The second-order valence-electron chi connectivity index (χ2n) is 4.25. The predicted molar refractivity (Wildman–Crippen MR) is 77.3 cm³/mol. The number of hydrogen-bond acceptors (Lipinski definition) is 2. The molecule has 0 spiro atoms. The lowest BCUT2D eigenvalue weighted by Gasteiger charge is -2.03. The van der Waals surface area contributed by atoms with E-state index in [0.29, 0.717) is 0 Å². The van der Waals surface area contributed by atoms with Crippen molar-refractivity contribution in [2.75, 3.05) is 0 Å². The zero-order chi connectivity index (χ0) is 12.5. The summed E-state index contributed by atoms with van der Waals surface area (Å²) in [6.07, 6.45) is 0. The second-order valence-corrected chi connectivity index (χ2v) is 5.33. The fourth-order valence-corrected chi connectivity index (χ4v) is 3.22. The first-order valence-corrected chi connectivity index (χ1v) is 6.66. The Kier molecular flexibility index (Phi) is 2.73. The number of benzene rings is 2. The van der Waals surface area contributed by atoms with Gasteiger partial charge in [-0.05, 0) is 24.4 Å². The highest BCUT2D eigenvalue weighted by Crippen LogP contribution is 2.35. The molecular weight excluding hydrogens is 240 g/mol. The van der Waals surface area contributed by atoms with Gasteiger partial charge in [-0.2, -0.15) is 0 Å². The Morgan fingerprint density at radius 3 is 2.50 bits per heavy atom. The fraction of sp³-hybridized carbons (Fsp3) is 0.0625. The Morgan fingerprint density at radius 2 is 1.72 bits per heavy atom. The molecule has 0 saturated carbocycles. The van der Waals surface area contributed by atoms with E-state index in [1.54, 1.807) is 18.3 Å². The molecule has 0 unspecified atom stereocenters. The summed E-state index contributed by atoms with van der Waals surface area (Å²) in [5.74, 6) is 0.114. The van der Waals surface area contributed by atoms with E-state index < -0.39 is 0 Å². The maximum absolute atomic E-state index is 11.7. The Hall–Kier alpha value is -1.93. The minimum atomic E-state index is 0.114. The van der Waals surface area contributed by atoms with E-state index in [9.17, 15) is 4.79 Å². The summed E-state index contributed by atoms with van der Waals surface area (Å²) >= 11 is 1.73. The summed E-state index contributed by atoms with van der Waals surface area (Å²) < 4.78 is 1.26. The van der Waals surface area contributed by atoms with Crippen molar-refractivity contribution < 1.29 is 4.79 Å². The second kappa shape index (κ2) is 4.39. The van der Waals surface area contributed by atoms with Gasteiger partial charge in [0.25, 0.3) is 0 Å². The highest BCUT2D eigenvalue weighted by molar-refractivity contribution is 7.22. The van der Waals surface area contributed by atoms with Crippen LogP contribution in [0.3, 0.4) is 0 Å². The average Bonchev–Trinajstić information content (AvgIpc) is 2.82. The molecule has 0 fully saturated rings. The normalized spacial score (nSPS) is 10.7. The highest BCUT2D eigenvalue weighted by Gasteiger charge is 2.10. The number of ketones is 1. The van der Waals surface area contributed by atoms with E-state index in [1.165, 1.54) is 10.1 Å². The molecule has 0 atom stereocenters. The van der Waals surface area contributed by atoms with Gasteiger partial charge in [-0.25, -0.2) is 0 Å². The van der Waals surface area contributed by atoms with Crippen LogP contribution in [0, 0.1) is 0 Å². The molecule has 0 radical (unpaired) electrons. The average molecular weight is 252 g/mol. The lowest BCUT2D eigenvalue weighted by molar-refractivity contribution is 0.101. The predicted octanol–water partition coefficient (Wildman–Crippen LogP) is 4.77. The van der Waals surface area contributed by atoms with Crippen molar-refractivity contribution in [2.45, 2.75) is 6.92 Å². The zero-order valence-corrected chi connectivity index (χ0v) is 10.8. The Morgan fingerprint density at radius 1 is 1.00 bits per heavy atom. The lowest BCUT2D eigenvalue weighted by Crippen LogP contribution is -1.94. The summed E-state index contributed by atoms with van der Waals surface area (Å²) in [4.78, 5) is 12.8. The molecule has 3 aromatic rings. The van der Waals surface area contributed by atoms with Crippen molar-refractivity contribution in [3.63, 3.8) is 0 Å². The highest BCUT2D eigenvalue weighted by atomic mass is 32.1. The number of carbonyl (C=O) groups excluding carboxylic acids is 1. The van der Waals surface area contributed by atoms with Crippen molar-refractivity contribution in [3.05, 3.63) is 60.2 Å².